The summed E-state index contributed by atoms with van der Waals surface area (Å²) in [6, 6.07) is 6.30. The van der Waals surface area contributed by atoms with Crippen molar-refractivity contribution in [3.8, 4) is 0 Å². The number of sulfonamides is 1. The standard InChI is InChI=1S/C13H13N3O3S2/c17-12-2-1-8-16(12)10-3-5-11(6-4-10)21(18,19)15-13-14-7-9-20-13/h3-7,9H,1-2,8H2,(H,14,15). The molecular weight excluding hydrogens is 310 g/mol. The lowest BCUT2D eigenvalue weighted by atomic mass is 10.3. The molecule has 1 N–H and O–H groups in total. The van der Waals surface area contributed by atoms with E-state index in [1.807, 2.05) is 0 Å². The van der Waals surface area contributed by atoms with E-state index in [0.29, 0.717) is 18.1 Å². The Kier molecular flexibility index (Phi) is 3.64. The Labute approximate surface area is 126 Å². The molecular formula is C13H13N3O3S2. The van der Waals surface area contributed by atoms with Gasteiger partial charge in [0, 0.05) is 30.2 Å². The molecule has 2 aromatic rings. The number of hydrogen-bond donors (Lipinski definition) is 1. The molecule has 2 heterocycles. The molecule has 6 nitrogen and oxygen atoms in total. The number of thiazole rings is 1. The molecule has 0 bridgehead atoms. The van der Waals surface area contributed by atoms with Crippen LogP contribution in [0, 0.1) is 0 Å². The first kappa shape index (κ1) is 14.0. The van der Waals surface area contributed by atoms with E-state index in [1.165, 1.54) is 29.7 Å². The van der Waals surface area contributed by atoms with E-state index in [-0.39, 0.29) is 10.8 Å². The zero-order chi connectivity index (χ0) is 14.9. The topological polar surface area (TPSA) is 79.4 Å². The molecule has 1 aliphatic rings. The van der Waals surface area contributed by atoms with Gasteiger partial charge in [-0.05, 0) is 30.7 Å². The normalized spacial score (nSPS) is 15.4. The number of nitrogens with one attached hydrogen (secondary N) is 1. The maximum atomic E-state index is 12.2. The smallest absolute Gasteiger partial charge is 0.263 e. The van der Waals surface area contributed by atoms with Gasteiger partial charge in [0.15, 0.2) is 5.13 Å². The minimum Gasteiger partial charge on any atom is -0.312 e. The summed E-state index contributed by atoms with van der Waals surface area (Å²) >= 11 is 1.21. The molecule has 0 aliphatic carbocycles. The summed E-state index contributed by atoms with van der Waals surface area (Å²) in [7, 11) is -3.64. The van der Waals surface area contributed by atoms with Crippen LogP contribution in [0.25, 0.3) is 0 Å². The highest BCUT2D eigenvalue weighted by molar-refractivity contribution is 7.93. The van der Waals surface area contributed by atoms with Crippen LogP contribution in [0.15, 0.2) is 40.7 Å². The van der Waals surface area contributed by atoms with Gasteiger partial charge in [0.05, 0.1) is 4.90 Å². The van der Waals surface area contributed by atoms with Crippen molar-refractivity contribution < 1.29 is 13.2 Å². The highest BCUT2D eigenvalue weighted by Gasteiger charge is 2.22. The number of carbonyl (C=O) groups excluding carboxylic acids is 1. The number of benzene rings is 1. The third-order valence-corrected chi connectivity index (χ3v) is 5.36. The van der Waals surface area contributed by atoms with Crippen LogP contribution in [0.3, 0.4) is 0 Å². The maximum Gasteiger partial charge on any atom is 0.263 e. The molecule has 1 fully saturated rings. The summed E-state index contributed by atoms with van der Waals surface area (Å²) in [5.74, 6) is 0.0755. The highest BCUT2D eigenvalue weighted by Crippen LogP contribution is 2.24. The molecule has 0 radical (unpaired) electrons. The molecule has 1 saturated heterocycles. The first-order valence-electron chi connectivity index (χ1n) is 6.39. The second-order valence-electron chi connectivity index (χ2n) is 4.59. The molecule has 1 aromatic carbocycles. The van der Waals surface area contributed by atoms with Crippen LogP contribution < -0.4 is 9.62 Å². The van der Waals surface area contributed by atoms with Gasteiger partial charge in [-0.1, -0.05) is 0 Å². The molecule has 21 heavy (non-hydrogen) atoms. The number of amides is 1. The molecule has 0 saturated carbocycles. The minimum atomic E-state index is -3.64. The molecule has 3 rings (SSSR count). The molecule has 0 atom stereocenters. The first-order valence-corrected chi connectivity index (χ1v) is 8.75. The van der Waals surface area contributed by atoms with E-state index in [4.69, 9.17) is 0 Å². The lowest BCUT2D eigenvalue weighted by Gasteiger charge is -2.16. The van der Waals surface area contributed by atoms with Crippen molar-refractivity contribution >= 4 is 38.1 Å². The molecule has 110 valence electrons. The number of hydrogen-bond acceptors (Lipinski definition) is 5. The average molecular weight is 323 g/mol. The third-order valence-electron chi connectivity index (χ3n) is 3.19. The first-order chi connectivity index (χ1) is 10.1. The zero-order valence-corrected chi connectivity index (χ0v) is 12.7. The predicted octanol–water partition coefficient (Wildman–Crippen LogP) is 2.07. The number of carbonyl (C=O) groups is 1. The summed E-state index contributed by atoms with van der Waals surface area (Å²) in [6.45, 7) is 0.683. The number of rotatable bonds is 4. The van der Waals surface area contributed by atoms with Gasteiger partial charge in [0.25, 0.3) is 10.0 Å². The highest BCUT2D eigenvalue weighted by atomic mass is 32.2. The van der Waals surface area contributed by atoms with Crippen LogP contribution in [0.5, 0.6) is 0 Å². The van der Waals surface area contributed by atoms with Gasteiger partial charge >= 0.3 is 0 Å². The van der Waals surface area contributed by atoms with Gasteiger partial charge in [0.2, 0.25) is 5.91 Å². The quantitative estimate of drug-likeness (QED) is 0.934. The fraction of sp³-hybridized carbons (Fsp3) is 0.231. The maximum absolute atomic E-state index is 12.2. The fourth-order valence-corrected chi connectivity index (χ4v) is 3.96. The molecule has 0 unspecified atom stereocenters. The van der Waals surface area contributed by atoms with Crippen LogP contribution in [0.2, 0.25) is 0 Å². The SMILES string of the molecule is O=C1CCCN1c1ccc(S(=O)(=O)Nc2nccs2)cc1. The number of nitrogens with zero attached hydrogens (tertiary/aromatic N) is 2. The fourth-order valence-electron chi connectivity index (χ4n) is 2.17. The van der Waals surface area contributed by atoms with E-state index in [1.54, 1.807) is 22.4 Å². The zero-order valence-electron chi connectivity index (χ0n) is 11.0. The van der Waals surface area contributed by atoms with Crippen LogP contribution >= 0.6 is 11.3 Å². The Morgan fingerprint density at radius 3 is 2.57 bits per heavy atom. The number of anilines is 2. The average Bonchev–Trinajstić information content (AvgIpc) is 3.10. The van der Waals surface area contributed by atoms with E-state index >= 15 is 0 Å². The van der Waals surface area contributed by atoms with Gasteiger partial charge in [-0.2, -0.15) is 0 Å². The minimum absolute atomic E-state index is 0.0755. The van der Waals surface area contributed by atoms with E-state index in [0.717, 1.165) is 12.1 Å². The van der Waals surface area contributed by atoms with Crippen LogP contribution in [-0.2, 0) is 14.8 Å². The second-order valence-corrected chi connectivity index (χ2v) is 7.16. The van der Waals surface area contributed by atoms with Crippen LogP contribution in [-0.4, -0.2) is 25.9 Å². The summed E-state index contributed by atoms with van der Waals surface area (Å²) in [6.07, 6.45) is 2.92. The molecule has 1 aromatic heterocycles. The Morgan fingerprint density at radius 1 is 1.24 bits per heavy atom. The van der Waals surface area contributed by atoms with Gasteiger partial charge < -0.3 is 4.90 Å². The number of aromatic nitrogens is 1. The molecule has 1 amide bonds. The van der Waals surface area contributed by atoms with Crippen LogP contribution in [0.4, 0.5) is 10.8 Å². The molecule has 1 aliphatic heterocycles. The van der Waals surface area contributed by atoms with Crippen LogP contribution in [0.1, 0.15) is 12.8 Å². The second kappa shape index (κ2) is 5.45. The van der Waals surface area contributed by atoms with E-state index in [9.17, 15) is 13.2 Å². The third kappa shape index (κ3) is 2.91. The van der Waals surface area contributed by atoms with Gasteiger partial charge in [-0.3, -0.25) is 9.52 Å². The summed E-state index contributed by atoms with van der Waals surface area (Å²) in [5, 5.41) is 2.02. The lowest BCUT2D eigenvalue weighted by molar-refractivity contribution is -0.117. The molecule has 8 heteroatoms. The largest absolute Gasteiger partial charge is 0.312 e. The van der Waals surface area contributed by atoms with Crippen molar-refractivity contribution in [2.75, 3.05) is 16.2 Å². The van der Waals surface area contributed by atoms with Crippen molar-refractivity contribution in [2.45, 2.75) is 17.7 Å². The van der Waals surface area contributed by atoms with E-state index < -0.39 is 10.0 Å². The monoisotopic (exact) mass is 323 g/mol. The van der Waals surface area contributed by atoms with Crippen molar-refractivity contribution in [1.29, 1.82) is 0 Å². The summed E-state index contributed by atoms with van der Waals surface area (Å²) in [5.41, 5.74) is 0.727. The Bertz CT molecular complexity index is 739. The summed E-state index contributed by atoms with van der Waals surface area (Å²) < 4.78 is 26.8. The molecule has 0 spiro atoms. The van der Waals surface area contributed by atoms with Gasteiger partial charge in [-0.15, -0.1) is 11.3 Å². The van der Waals surface area contributed by atoms with Gasteiger partial charge in [-0.25, -0.2) is 13.4 Å². The predicted molar refractivity (Wildman–Crippen MR) is 81.0 cm³/mol. The van der Waals surface area contributed by atoms with Crippen molar-refractivity contribution in [1.82, 2.24) is 4.98 Å². The van der Waals surface area contributed by atoms with Crippen molar-refractivity contribution in [3.63, 3.8) is 0 Å². The Hall–Kier alpha value is -1.93. The Morgan fingerprint density at radius 2 is 2.00 bits per heavy atom. The lowest BCUT2D eigenvalue weighted by Crippen LogP contribution is -2.23. The summed E-state index contributed by atoms with van der Waals surface area (Å²) in [4.78, 5) is 17.4. The van der Waals surface area contributed by atoms with E-state index in [2.05, 4.69) is 9.71 Å². The van der Waals surface area contributed by atoms with Crippen molar-refractivity contribution in [3.05, 3.63) is 35.8 Å². The van der Waals surface area contributed by atoms with Crippen molar-refractivity contribution in [2.24, 2.45) is 0 Å². The Balaban J connectivity index is 1.82. The van der Waals surface area contributed by atoms with Gasteiger partial charge in [0.1, 0.15) is 0 Å².